The van der Waals surface area contributed by atoms with Crippen molar-refractivity contribution in [3.63, 3.8) is 0 Å². The number of aliphatic hydroxyl groups is 1. The Morgan fingerprint density at radius 1 is 0.846 bits per heavy atom. The largest absolute Gasteiger partial charge is 0.496 e. The number of fused-ring (bicyclic) bond motifs is 2. The normalized spacial score (nSPS) is 21.7. The van der Waals surface area contributed by atoms with E-state index in [1.807, 2.05) is 84.9 Å². The third-order valence-electron chi connectivity index (χ3n) is 7.57. The number of nitrogens with one attached hydrogen (secondary N) is 1. The van der Waals surface area contributed by atoms with E-state index in [4.69, 9.17) is 4.74 Å². The average Bonchev–Trinajstić information content (AvgIpc) is 3.22. The van der Waals surface area contributed by atoms with Crippen molar-refractivity contribution >= 4 is 28.3 Å². The number of nitrogens with zero attached hydrogens (tertiary/aromatic N) is 2. The van der Waals surface area contributed by atoms with E-state index >= 15 is 0 Å². The highest BCUT2D eigenvalue weighted by atomic mass is 16.5. The minimum atomic E-state index is -1.02. The van der Waals surface area contributed by atoms with Crippen LogP contribution in [-0.4, -0.2) is 46.0 Å². The smallest absolute Gasteiger partial charge is 0.249 e. The van der Waals surface area contributed by atoms with E-state index in [1.54, 1.807) is 36.4 Å². The third kappa shape index (κ3) is 4.46. The number of benzene rings is 4. The number of hydrogen-bond donors (Lipinski definition) is 2. The van der Waals surface area contributed by atoms with E-state index < -0.39 is 24.1 Å². The Bertz CT molecular complexity index is 1550. The standard InChI is InChI=1S/C32H29N3O4/c1-39-28-17-8-7-16-25(28)30(36)27-19-18-26-29(35(27)33-23-13-3-2-4-14-23)32(38)34(31(26)37)20-22-12-9-11-21-10-5-6-15-24(21)22/h2-19,26-27,29-30,33,36H,20H2,1H3/t26-,27?,29+,30-/m1/s1. The topological polar surface area (TPSA) is 82.1 Å². The molecule has 4 atom stereocenters. The van der Waals surface area contributed by atoms with Gasteiger partial charge >= 0.3 is 0 Å². The molecule has 0 aliphatic carbocycles. The van der Waals surface area contributed by atoms with Crippen LogP contribution < -0.4 is 10.2 Å². The lowest BCUT2D eigenvalue weighted by Crippen LogP contribution is -2.55. The van der Waals surface area contributed by atoms with Crippen LogP contribution in [0.25, 0.3) is 10.8 Å². The van der Waals surface area contributed by atoms with E-state index in [9.17, 15) is 14.7 Å². The van der Waals surface area contributed by atoms with Crippen molar-refractivity contribution in [1.82, 2.24) is 9.91 Å². The summed E-state index contributed by atoms with van der Waals surface area (Å²) in [5.41, 5.74) is 5.59. The number of hydrazine groups is 1. The highest BCUT2D eigenvalue weighted by Crippen LogP contribution is 2.38. The molecule has 2 aliphatic heterocycles. The maximum Gasteiger partial charge on any atom is 0.249 e. The quantitative estimate of drug-likeness (QED) is 0.272. The summed E-state index contributed by atoms with van der Waals surface area (Å²) in [4.78, 5) is 29.0. The first-order valence-electron chi connectivity index (χ1n) is 13.0. The lowest BCUT2D eigenvalue weighted by molar-refractivity contribution is -0.140. The fourth-order valence-electron chi connectivity index (χ4n) is 5.64. The van der Waals surface area contributed by atoms with Gasteiger partial charge in [0.25, 0.3) is 0 Å². The van der Waals surface area contributed by atoms with Gasteiger partial charge in [0.2, 0.25) is 11.8 Å². The number of ether oxygens (including phenoxy) is 1. The molecular weight excluding hydrogens is 490 g/mol. The second-order valence-corrected chi connectivity index (χ2v) is 9.82. The fourth-order valence-corrected chi connectivity index (χ4v) is 5.64. The minimum absolute atomic E-state index is 0.179. The molecule has 0 spiro atoms. The molecule has 2 heterocycles. The van der Waals surface area contributed by atoms with Crippen molar-refractivity contribution in [3.8, 4) is 5.75 Å². The van der Waals surface area contributed by atoms with Crippen molar-refractivity contribution in [1.29, 1.82) is 0 Å². The van der Waals surface area contributed by atoms with Crippen molar-refractivity contribution in [2.75, 3.05) is 12.5 Å². The summed E-state index contributed by atoms with van der Waals surface area (Å²) >= 11 is 0. The first kappa shape index (κ1) is 24.9. The molecule has 0 radical (unpaired) electrons. The van der Waals surface area contributed by atoms with E-state index in [0.717, 1.165) is 22.0 Å². The van der Waals surface area contributed by atoms with Crippen molar-refractivity contribution in [2.24, 2.45) is 5.92 Å². The third-order valence-corrected chi connectivity index (χ3v) is 7.57. The molecule has 2 amide bonds. The van der Waals surface area contributed by atoms with E-state index in [2.05, 4.69) is 5.43 Å². The Morgan fingerprint density at radius 3 is 2.38 bits per heavy atom. The molecule has 0 aromatic heterocycles. The van der Waals surface area contributed by atoms with Gasteiger partial charge in [0.15, 0.2) is 0 Å². The van der Waals surface area contributed by atoms with E-state index in [0.29, 0.717) is 11.3 Å². The molecule has 2 N–H and O–H groups in total. The van der Waals surface area contributed by atoms with Gasteiger partial charge in [0.1, 0.15) is 17.9 Å². The lowest BCUT2D eigenvalue weighted by atomic mass is 9.90. The zero-order valence-corrected chi connectivity index (χ0v) is 21.5. The number of carbonyl (C=O) groups excluding carboxylic acids is 2. The van der Waals surface area contributed by atoms with E-state index in [1.165, 1.54) is 4.90 Å². The number of likely N-dealkylation sites (tertiary alicyclic amines) is 1. The predicted molar refractivity (Wildman–Crippen MR) is 150 cm³/mol. The molecular formula is C32H29N3O4. The number of rotatable bonds is 7. The molecule has 0 bridgehead atoms. The molecule has 6 rings (SSSR count). The first-order valence-corrected chi connectivity index (χ1v) is 13.0. The van der Waals surface area contributed by atoms with Crippen molar-refractivity contribution in [3.05, 3.63) is 120 Å². The molecule has 4 aromatic carbocycles. The van der Waals surface area contributed by atoms with Crippen LogP contribution in [0.1, 0.15) is 17.2 Å². The number of hydrogen-bond acceptors (Lipinski definition) is 6. The SMILES string of the molecule is COc1ccccc1[C@@H](O)C1C=C[C@H]2C(=O)N(Cc3cccc4ccccc34)C(=O)[C@H]2N1Nc1ccccc1. The maximum absolute atomic E-state index is 14.0. The summed E-state index contributed by atoms with van der Waals surface area (Å²) in [7, 11) is 1.56. The van der Waals surface area contributed by atoms with Crippen LogP contribution in [-0.2, 0) is 16.1 Å². The number of imide groups is 1. The Morgan fingerprint density at radius 2 is 1.56 bits per heavy atom. The van der Waals surface area contributed by atoms with Crippen LogP contribution in [0.4, 0.5) is 5.69 Å². The van der Waals surface area contributed by atoms with Crippen LogP contribution in [0.2, 0.25) is 0 Å². The molecule has 0 saturated carbocycles. The van der Waals surface area contributed by atoms with Gasteiger partial charge in [-0.05, 0) is 34.5 Å². The van der Waals surface area contributed by atoms with Gasteiger partial charge < -0.3 is 15.3 Å². The minimum Gasteiger partial charge on any atom is -0.496 e. The van der Waals surface area contributed by atoms with Gasteiger partial charge in [-0.25, -0.2) is 5.01 Å². The summed E-state index contributed by atoms with van der Waals surface area (Å²) < 4.78 is 5.50. The fraction of sp³-hybridized carbons (Fsp3) is 0.188. The van der Waals surface area contributed by atoms with Gasteiger partial charge in [0.05, 0.1) is 25.6 Å². The second-order valence-electron chi connectivity index (χ2n) is 9.82. The summed E-state index contributed by atoms with van der Waals surface area (Å²) in [6, 6.07) is 29.1. The lowest BCUT2D eigenvalue weighted by Gasteiger charge is -2.40. The van der Waals surface area contributed by atoms with E-state index in [-0.39, 0.29) is 18.4 Å². The predicted octanol–water partition coefficient (Wildman–Crippen LogP) is 4.70. The van der Waals surface area contributed by atoms with Gasteiger partial charge in [-0.2, -0.15) is 0 Å². The van der Waals surface area contributed by atoms with Gasteiger partial charge in [0, 0.05) is 11.3 Å². The van der Waals surface area contributed by atoms with Gasteiger partial charge in [-0.3, -0.25) is 14.5 Å². The van der Waals surface area contributed by atoms with Crippen LogP contribution in [0.3, 0.4) is 0 Å². The summed E-state index contributed by atoms with van der Waals surface area (Å²) in [6.45, 7) is 0.179. The number of anilines is 1. The monoisotopic (exact) mass is 519 g/mol. The molecule has 4 aromatic rings. The highest BCUT2D eigenvalue weighted by molar-refractivity contribution is 6.08. The molecule has 1 fully saturated rings. The highest BCUT2D eigenvalue weighted by Gasteiger charge is 2.53. The number of carbonyl (C=O) groups is 2. The average molecular weight is 520 g/mol. The molecule has 39 heavy (non-hydrogen) atoms. The molecule has 196 valence electrons. The number of amides is 2. The van der Waals surface area contributed by atoms with Crippen LogP contribution in [0, 0.1) is 5.92 Å². The zero-order valence-electron chi connectivity index (χ0n) is 21.5. The van der Waals surface area contributed by atoms with Gasteiger partial charge in [-0.15, -0.1) is 0 Å². The number of aliphatic hydroxyl groups excluding tert-OH is 1. The number of para-hydroxylation sites is 2. The van der Waals surface area contributed by atoms with Gasteiger partial charge in [-0.1, -0.05) is 91.0 Å². The van der Waals surface area contributed by atoms with Crippen LogP contribution in [0.5, 0.6) is 5.75 Å². The van der Waals surface area contributed by atoms with Crippen LogP contribution in [0.15, 0.2) is 109 Å². The second kappa shape index (κ2) is 10.4. The molecule has 7 nitrogen and oxygen atoms in total. The molecule has 7 heteroatoms. The molecule has 1 saturated heterocycles. The molecule has 1 unspecified atom stereocenters. The Balaban J connectivity index is 1.37. The van der Waals surface area contributed by atoms with Crippen LogP contribution >= 0.6 is 0 Å². The maximum atomic E-state index is 14.0. The molecule has 2 aliphatic rings. The Hall–Kier alpha value is -4.46. The summed E-state index contributed by atoms with van der Waals surface area (Å²) in [6.07, 6.45) is 2.55. The Labute approximate surface area is 226 Å². The number of methoxy groups -OCH3 is 1. The Kier molecular flexibility index (Phi) is 6.60. The first-order chi connectivity index (χ1) is 19.1. The summed E-state index contributed by atoms with van der Waals surface area (Å²) in [5, 5.41) is 15.4. The zero-order chi connectivity index (χ0) is 26.9. The summed E-state index contributed by atoms with van der Waals surface area (Å²) in [5.74, 6) is -0.682. The van der Waals surface area contributed by atoms with Crippen molar-refractivity contribution < 1.29 is 19.4 Å². The van der Waals surface area contributed by atoms with Crippen molar-refractivity contribution in [2.45, 2.75) is 24.7 Å².